The van der Waals surface area contributed by atoms with Gasteiger partial charge in [-0.15, -0.1) is 0 Å². The highest BCUT2D eigenvalue weighted by molar-refractivity contribution is 5.76. The topological polar surface area (TPSA) is 72.5 Å². The number of nitrogens with one attached hydrogen (secondary N) is 1. The van der Waals surface area contributed by atoms with E-state index in [1.165, 1.54) is 25.5 Å². The molecular formula is C16H25N5O2. The first-order valence-electron chi connectivity index (χ1n) is 8.53. The summed E-state index contributed by atoms with van der Waals surface area (Å²) in [4.78, 5) is 37.2. The van der Waals surface area contributed by atoms with Gasteiger partial charge in [-0.2, -0.15) is 0 Å². The van der Waals surface area contributed by atoms with Gasteiger partial charge in [-0.05, 0) is 25.9 Å². The van der Waals surface area contributed by atoms with Crippen molar-refractivity contribution in [2.45, 2.75) is 25.7 Å². The van der Waals surface area contributed by atoms with Gasteiger partial charge in [-0.25, -0.2) is 4.98 Å². The monoisotopic (exact) mass is 319 g/mol. The summed E-state index contributed by atoms with van der Waals surface area (Å²) in [5.41, 5.74) is -0.169. The van der Waals surface area contributed by atoms with Gasteiger partial charge in [0.05, 0.1) is 0 Å². The minimum Gasteiger partial charge on any atom is -0.348 e. The van der Waals surface area contributed by atoms with Crippen LogP contribution in [0.15, 0.2) is 17.2 Å². The number of carbonyl (C=O) groups excluding carboxylic acids is 1. The van der Waals surface area contributed by atoms with Crippen molar-refractivity contribution in [3.63, 3.8) is 0 Å². The Morgan fingerprint density at radius 3 is 2.52 bits per heavy atom. The molecule has 3 rings (SSSR count). The number of anilines is 1. The standard InChI is InChI=1S/C16H25N5O2/c22-14(4-9-19-7-2-1-3-8-19)20-10-12-21(13-11-20)15-16(23)18-6-5-17-15/h5-6H,1-4,7-13H2,(H,18,23). The molecule has 0 bridgehead atoms. The van der Waals surface area contributed by atoms with Crippen molar-refractivity contribution in [1.82, 2.24) is 19.8 Å². The highest BCUT2D eigenvalue weighted by Gasteiger charge is 2.23. The Morgan fingerprint density at radius 1 is 1.09 bits per heavy atom. The molecule has 0 atom stereocenters. The molecule has 3 heterocycles. The number of aromatic nitrogens is 2. The van der Waals surface area contributed by atoms with Crippen LogP contribution < -0.4 is 10.5 Å². The molecule has 0 aliphatic carbocycles. The molecular weight excluding hydrogens is 294 g/mol. The SMILES string of the molecule is O=C(CCN1CCCCC1)N1CCN(c2ncc[nH]c2=O)CC1. The van der Waals surface area contributed by atoms with Crippen molar-refractivity contribution < 1.29 is 4.79 Å². The number of amides is 1. The highest BCUT2D eigenvalue weighted by Crippen LogP contribution is 2.11. The summed E-state index contributed by atoms with van der Waals surface area (Å²) in [6, 6.07) is 0. The van der Waals surface area contributed by atoms with E-state index in [4.69, 9.17) is 0 Å². The Balaban J connectivity index is 1.45. The summed E-state index contributed by atoms with van der Waals surface area (Å²) >= 11 is 0. The fourth-order valence-corrected chi connectivity index (χ4v) is 3.33. The van der Waals surface area contributed by atoms with Crippen molar-refractivity contribution in [1.29, 1.82) is 0 Å². The molecule has 1 amide bonds. The second kappa shape index (κ2) is 7.59. The molecule has 2 fully saturated rings. The van der Waals surface area contributed by atoms with Crippen LogP contribution in [0.4, 0.5) is 5.82 Å². The van der Waals surface area contributed by atoms with E-state index in [1.54, 1.807) is 6.20 Å². The minimum atomic E-state index is -0.169. The second-order valence-electron chi connectivity index (χ2n) is 6.26. The van der Waals surface area contributed by atoms with Gasteiger partial charge in [-0.3, -0.25) is 9.59 Å². The molecule has 1 N–H and O–H groups in total. The number of piperidine rings is 1. The van der Waals surface area contributed by atoms with E-state index < -0.39 is 0 Å². The second-order valence-corrected chi connectivity index (χ2v) is 6.26. The zero-order chi connectivity index (χ0) is 16.1. The quantitative estimate of drug-likeness (QED) is 0.864. The van der Waals surface area contributed by atoms with E-state index in [2.05, 4.69) is 14.9 Å². The molecule has 126 valence electrons. The number of aromatic amines is 1. The molecule has 1 aromatic rings. The Labute approximate surface area is 136 Å². The molecule has 23 heavy (non-hydrogen) atoms. The molecule has 1 aromatic heterocycles. The smallest absolute Gasteiger partial charge is 0.290 e. The summed E-state index contributed by atoms with van der Waals surface area (Å²) in [5.74, 6) is 0.679. The molecule has 2 aliphatic rings. The predicted octanol–water partition coefficient (Wildman–Crippen LogP) is 0.295. The van der Waals surface area contributed by atoms with Crippen molar-refractivity contribution in [3.8, 4) is 0 Å². The van der Waals surface area contributed by atoms with Gasteiger partial charge < -0.3 is 19.7 Å². The van der Waals surface area contributed by atoms with Gasteiger partial charge >= 0.3 is 0 Å². The number of hydrogen-bond donors (Lipinski definition) is 1. The lowest BCUT2D eigenvalue weighted by Gasteiger charge is -2.35. The van der Waals surface area contributed by atoms with Crippen LogP contribution in [0.3, 0.4) is 0 Å². The van der Waals surface area contributed by atoms with E-state index in [-0.39, 0.29) is 11.5 Å². The van der Waals surface area contributed by atoms with Crippen molar-refractivity contribution in [2.75, 3.05) is 50.7 Å². The summed E-state index contributed by atoms with van der Waals surface area (Å²) in [7, 11) is 0. The number of likely N-dealkylation sites (tertiary alicyclic amines) is 1. The van der Waals surface area contributed by atoms with Gasteiger partial charge in [0.2, 0.25) is 5.91 Å². The fraction of sp³-hybridized carbons (Fsp3) is 0.688. The van der Waals surface area contributed by atoms with Crippen LogP contribution in [0.5, 0.6) is 0 Å². The summed E-state index contributed by atoms with van der Waals surface area (Å²) < 4.78 is 0. The van der Waals surface area contributed by atoms with E-state index in [0.717, 1.165) is 19.6 Å². The molecule has 0 saturated carbocycles. The van der Waals surface area contributed by atoms with Gasteiger partial charge in [0.25, 0.3) is 5.56 Å². The molecule has 2 aliphatic heterocycles. The largest absolute Gasteiger partial charge is 0.348 e. The summed E-state index contributed by atoms with van der Waals surface area (Å²) in [6.45, 7) is 5.78. The van der Waals surface area contributed by atoms with Crippen molar-refractivity contribution in [2.24, 2.45) is 0 Å². The summed E-state index contributed by atoms with van der Waals surface area (Å²) in [5, 5.41) is 0. The van der Waals surface area contributed by atoms with Gasteiger partial charge in [0.15, 0.2) is 5.82 Å². The predicted molar refractivity (Wildman–Crippen MR) is 88.6 cm³/mol. The molecule has 0 unspecified atom stereocenters. The zero-order valence-corrected chi connectivity index (χ0v) is 13.5. The number of nitrogens with zero attached hydrogens (tertiary/aromatic N) is 4. The Bertz CT molecular complexity index is 574. The zero-order valence-electron chi connectivity index (χ0n) is 13.5. The van der Waals surface area contributed by atoms with E-state index in [0.29, 0.717) is 38.4 Å². The van der Waals surface area contributed by atoms with Crippen LogP contribution in [0.25, 0.3) is 0 Å². The number of carbonyl (C=O) groups is 1. The normalized spacial score (nSPS) is 19.8. The average molecular weight is 319 g/mol. The molecule has 0 spiro atoms. The molecule has 2 saturated heterocycles. The molecule has 7 nitrogen and oxygen atoms in total. The molecule has 0 radical (unpaired) electrons. The van der Waals surface area contributed by atoms with E-state index >= 15 is 0 Å². The van der Waals surface area contributed by atoms with E-state index in [9.17, 15) is 9.59 Å². The van der Waals surface area contributed by atoms with Crippen LogP contribution in [0.2, 0.25) is 0 Å². The maximum atomic E-state index is 12.3. The van der Waals surface area contributed by atoms with E-state index in [1.807, 2.05) is 9.80 Å². The van der Waals surface area contributed by atoms with Gasteiger partial charge in [0.1, 0.15) is 0 Å². The molecule has 0 aromatic carbocycles. The highest BCUT2D eigenvalue weighted by atomic mass is 16.2. The first-order chi connectivity index (χ1) is 11.2. The average Bonchev–Trinajstić information content (AvgIpc) is 2.61. The first kappa shape index (κ1) is 16.0. The number of rotatable bonds is 4. The third-order valence-corrected chi connectivity index (χ3v) is 4.71. The molecule has 7 heteroatoms. The van der Waals surface area contributed by atoms with Crippen LogP contribution in [0, 0.1) is 0 Å². The van der Waals surface area contributed by atoms with Crippen molar-refractivity contribution in [3.05, 3.63) is 22.7 Å². The lowest BCUT2D eigenvalue weighted by Crippen LogP contribution is -2.50. The van der Waals surface area contributed by atoms with Crippen LogP contribution >= 0.6 is 0 Å². The Kier molecular flexibility index (Phi) is 5.27. The minimum absolute atomic E-state index is 0.169. The first-order valence-corrected chi connectivity index (χ1v) is 8.53. The Morgan fingerprint density at radius 2 is 1.83 bits per heavy atom. The lowest BCUT2D eigenvalue weighted by atomic mass is 10.1. The van der Waals surface area contributed by atoms with Crippen LogP contribution in [0.1, 0.15) is 25.7 Å². The maximum absolute atomic E-state index is 12.3. The maximum Gasteiger partial charge on any atom is 0.290 e. The third-order valence-electron chi connectivity index (χ3n) is 4.71. The summed E-state index contributed by atoms with van der Waals surface area (Å²) in [6.07, 6.45) is 7.55. The van der Waals surface area contributed by atoms with Gasteiger partial charge in [-0.1, -0.05) is 6.42 Å². The number of H-pyrrole nitrogens is 1. The van der Waals surface area contributed by atoms with Crippen LogP contribution in [-0.4, -0.2) is 71.5 Å². The van der Waals surface area contributed by atoms with Gasteiger partial charge in [0, 0.05) is 51.5 Å². The Hall–Kier alpha value is -1.89. The lowest BCUT2D eigenvalue weighted by molar-refractivity contribution is -0.131. The number of hydrogen-bond acceptors (Lipinski definition) is 5. The van der Waals surface area contributed by atoms with Crippen LogP contribution in [-0.2, 0) is 4.79 Å². The third kappa shape index (κ3) is 4.10. The fourth-order valence-electron chi connectivity index (χ4n) is 3.33. The van der Waals surface area contributed by atoms with Crippen molar-refractivity contribution >= 4 is 11.7 Å². The number of piperazine rings is 1.